The van der Waals surface area contributed by atoms with Crippen LogP contribution in [0, 0.1) is 5.92 Å². The number of carboxylic acids is 1. The van der Waals surface area contributed by atoms with Crippen molar-refractivity contribution >= 4 is 17.7 Å². The highest BCUT2D eigenvalue weighted by Gasteiger charge is 2.28. The number of methoxy groups -OCH3 is 1. The molecule has 1 aromatic rings. The second-order valence-electron chi connectivity index (χ2n) is 6.08. The van der Waals surface area contributed by atoms with Crippen LogP contribution in [0.2, 0.25) is 0 Å². The number of likely N-dealkylation sites (tertiary alicyclic amines) is 1. The minimum absolute atomic E-state index is 0.0413. The molecule has 1 saturated heterocycles. The summed E-state index contributed by atoms with van der Waals surface area (Å²) in [5, 5.41) is 12.0. The Morgan fingerprint density at radius 2 is 2.12 bits per heavy atom. The van der Waals surface area contributed by atoms with E-state index in [2.05, 4.69) is 5.32 Å². The molecule has 132 valence electrons. The van der Waals surface area contributed by atoms with Crippen LogP contribution in [0.1, 0.15) is 26.7 Å². The first-order valence-corrected chi connectivity index (χ1v) is 8.04. The van der Waals surface area contributed by atoms with E-state index < -0.39 is 11.9 Å². The molecular weight excluding hydrogens is 312 g/mol. The zero-order valence-corrected chi connectivity index (χ0v) is 14.2. The normalized spacial score (nSPS) is 17.5. The van der Waals surface area contributed by atoms with Crippen molar-refractivity contribution in [3.05, 3.63) is 18.2 Å². The van der Waals surface area contributed by atoms with Crippen LogP contribution in [0.3, 0.4) is 0 Å². The highest BCUT2D eigenvalue weighted by Crippen LogP contribution is 2.30. The van der Waals surface area contributed by atoms with Gasteiger partial charge in [-0.15, -0.1) is 0 Å². The quantitative estimate of drug-likeness (QED) is 0.863. The van der Waals surface area contributed by atoms with E-state index in [1.165, 1.54) is 4.90 Å². The Kier molecular flexibility index (Phi) is 5.89. The highest BCUT2D eigenvalue weighted by atomic mass is 16.5. The number of piperidine rings is 1. The summed E-state index contributed by atoms with van der Waals surface area (Å²) in [5.74, 6) is -0.228. The molecule has 24 heavy (non-hydrogen) atoms. The average Bonchev–Trinajstić information content (AvgIpc) is 2.56. The van der Waals surface area contributed by atoms with Gasteiger partial charge in [-0.05, 0) is 38.8 Å². The summed E-state index contributed by atoms with van der Waals surface area (Å²) < 4.78 is 10.9. The Balaban J connectivity index is 2.13. The summed E-state index contributed by atoms with van der Waals surface area (Å²) in [6, 6.07) is 4.86. The van der Waals surface area contributed by atoms with Gasteiger partial charge < -0.3 is 24.8 Å². The van der Waals surface area contributed by atoms with Gasteiger partial charge in [-0.2, -0.15) is 0 Å². The third-order valence-corrected chi connectivity index (χ3v) is 3.85. The number of aliphatic carboxylic acids is 1. The van der Waals surface area contributed by atoms with Crippen LogP contribution in [0.5, 0.6) is 11.5 Å². The van der Waals surface area contributed by atoms with Crippen LogP contribution in [0.25, 0.3) is 0 Å². The van der Waals surface area contributed by atoms with Gasteiger partial charge in [0.25, 0.3) is 0 Å². The van der Waals surface area contributed by atoms with E-state index >= 15 is 0 Å². The molecular formula is C17H24N2O5. The Bertz CT molecular complexity index is 603. The summed E-state index contributed by atoms with van der Waals surface area (Å²) in [7, 11) is 1.55. The average molecular weight is 336 g/mol. The number of carbonyl (C=O) groups is 2. The molecule has 1 unspecified atom stereocenters. The number of urea groups is 1. The van der Waals surface area contributed by atoms with Crippen LogP contribution in [-0.4, -0.2) is 48.3 Å². The molecule has 0 spiro atoms. The summed E-state index contributed by atoms with van der Waals surface area (Å²) in [6.45, 7) is 4.56. The van der Waals surface area contributed by atoms with Crippen LogP contribution in [0.15, 0.2) is 18.2 Å². The summed E-state index contributed by atoms with van der Waals surface area (Å²) in [6.07, 6.45) is 1.23. The molecule has 1 aromatic carbocycles. The van der Waals surface area contributed by atoms with Gasteiger partial charge in [-0.3, -0.25) is 4.79 Å². The summed E-state index contributed by atoms with van der Waals surface area (Å²) >= 11 is 0. The number of nitrogens with zero attached hydrogens (tertiary/aromatic N) is 1. The first kappa shape index (κ1) is 17.9. The SMILES string of the molecule is COc1ccc(OC(C)C)c(NC(=O)N2CCCC(C(=O)O)C2)c1. The molecule has 1 heterocycles. The maximum Gasteiger partial charge on any atom is 0.321 e. The maximum absolute atomic E-state index is 12.5. The lowest BCUT2D eigenvalue weighted by molar-refractivity contribution is -0.143. The van der Waals surface area contributed by atoms with Crippen molar-refractivity contribution in [3.63, 3.8) is 0 Å². The molecule has 1 fully saturated rings. The molecule has 2 amide bonds. The molecule has 1 aliphatic heterocycles. The number of carboxylic acid groups (broad SMARTS) is 1. The van der Waals surface area contributed by atoms with Crippen molar-refractivity contribution in [2.24, 2.45) is 5.92 Å². The van der Waals surface area contributed by atoms with E-state index in [-0.39, 0.29) is 18.7 Å². The van der Waals surface area contributed by atoms with Crippen LogP contribution in [0.4, 0.5) is 10.5 Å². The number of anilines is 1. The predicted octanol–water partition coefficient (Wildman–Crippen LogP) is 2.81. The predicted molar refractivity (Wildman–Crippen MR) is 89.7 cm³/mol. The summed E-state index contributed by atoms with van der Waals surface area (Å²) in [5.41, 5.74) is 0.505. The van der Waals surface area contributed by atoms with E-state index in [1.807, 2.05) is 13.8 Å². The molecule has 0 aromatic heterocycles. The first-order valence-electron chi connectivity index (χ1n) is 8.04. The number of amides is 2. The Morgan fingerprint density at radius 1 is 1.38 bits per heavy atom. The zero-order valence-electron chi connectivity index (χ0n) is 14.2. The second-order valence-corrected chi connectivity index (χ2v) is 6.08. The number of hydrogen-bond acceptors (Lipinski definition) is 4. The monoisotopic (exact) mass is 336 g/mol. The molecule has 0 aliphatic carbocycles. The topological polar surface area (TPSA) is 88.1 Å². The van der Waals surface area contributed by atoms with Gasteiger partial charge in [0.2, 0.25) is 0 Å². The third kappa shape index (κ3) is 4.53. The third-order valence-electron chi connectivity index (χ3n) is 3.85. The van der Waals surface area contributed by atoms with Crippen LogP contribution in [-0.2, 0) is 4.79 Å². The van der Waals surface area contributed by atoms with Gasteiger partial charge in [0.1, 0.15) is 11.5 Å². The van der Waals surface area contributed by atoms with Gasteiger partial charge in [-0.25, -0.2) is 4.79 Å². The van der Waals surface area contributed by atoms with Crippen molar-refractivity contribution in [2.45, 2.75) is 32.8 Å². The number of carbonyl (C=O) groups excluding carboxylic acids is 1. The minimum atomic E-state index is -0.863. The maximum atomic E-state index is 12.5. The van der Waals surface area contributed by atoms with Crippen LogP contribution < -0.4 is 14.8 Å². The number of ether oxygens (including phenoxy) is 2. The molecule has 0 radical (unpaired) electrons. The molecule has 2 N–H and O–H groups in total. The molecule has 7 nitrogen and oxygen atoms in total. The fraction of sp³-hybridized carbons (Fsp3) is 0.529. The standard InChI is InChI=1S/C17H24N2O5/c1-11(2)24-15-7-6-13(23-3)9-14(15)18-17(22)19-8-4-5-12(10-19)16(20)21/h6-7,9,11-12H,4-5,8,10H2,1-3H3,(H,18,22)(H,20,21). The molecule has 1 atom stereocenters. The molecule has 0 saturated carbocycles. The first-order chi connectivity index (χ1) is 11.4. The Hall–Kier alpha value is -2.44. The number of hydrogen-bond donors (Lipinski definition) is 2. The van der Waals surface area contributed by atoms with Crippen molar-refractivity contribution in [2.75, 3.05) is 25.5 Å². The lowest BCUT2D eigenvalue weighted by Crippen LogP contribution is -2.44. The van der Waals surface area contributed by atoms with Gasteiger partial charge in [0.15, 0.2) is 0 Å². The lowest BCUT2D eigenvalue weighted by Gasteiger charge is -2.31. The molecule has 7 heteroatoms. The second kappa shape index (κ2) is 7.90. The van der Waals surface area contributed by atoms with E-state index in [0.29, 0.717) is 36.6 Å². The highest BCUT2D eigenvalue weighted by molar-refractivity contribution is 5.91. The molecule has 1 aliphatic rings. The van der Waals surface area contributed by atoms with Gasteiger partial charge >= 0.3 is 12.0 Å². The van der Waals surface area contributed by atoms with E-state index in [1.54, 1.807) is 25.3 Å². The number of nitrogens with one attached hydrogen (secondary N) is 1. The number of benzene rings is 1. The fourth-order valence-electron chi connectivity index (χ4n) is 2.65. The molecule has 2 rings (SSSR count). The number of rotatable bonds is 5. The molecule has 0 bridgehead atoms. The zero-order chi connectivity index (χ0) is 17.7. The largest absolute Gasteiger partial charge is 0.497 e. The van der Waals surface area contributed by atoms with Gasteiger partial charge in [0.05, 0.1) is 24.8 Å². The van der Waals surface area contributed by atoms with Crippen molar-refractivity contribution in [1.82, 2.24) is 4.90 Å². The van der Waals surface area contributed by atoms with Crippen LogP contribution >= 0.6 is 0 Å². The van der Waals surface area contributed by atoms with Gasteiger partial charge in [0, 0.05) is 19.2 Å². The Labute approximate surface area is 141 Å². The fourth-order valence-corrected chi connectivity index (χ4v) is 2.65. The van der Waals surface area contributed by atoms with Crippen molar-refractivity contribution in [1.29, 1.82) is 0 Å². The van der Waals surface area contributed by atoms with Crippen molar-refractivity contribution < 1.29 is 24.2 Å². The lowest BCUT2D eigenvalue weighted by atomic mass is 9.99. The van der Waals surface area contributed by atoms with E-state index in [9.17, 15) is 9.59 Å². The van der Waals surface area contributed by atoms with Gasteiger partial charge in [-0.1, -0.05) is 0 Å². The smallest absolute Gasteiger partial charge is 0.321 e. The minimum Gasteiger partial charge on any atom is -0.497 e. The van der Waals surface area contributed by atoms with E-state index in [0.717, 1.165) is 0 Å². The van der Waals surface area contributed by atoms with Crippen molar-refractivity contribution in [3.8, 4) is 11.5 Å². The van der Waals surface area contributed by atoms with E-state index in [4.69, 9.17) is 14.6 Å². The Morgan fingerprint density at radius 3 is 2.75 bits per heavy atom. The summed E-state index contributed by atoms with van der Waals surface area (Å²) in [4.78, 5) is 25.2.